The van der Waals surface area contributed by atoms with Crippen molar-refractivity contribution in [2.75, 3.05) is 32.1 Å². The van der Waals surface area contributed by atoms with Gasteiger partial charge in [0.15, 0.2) is 0 Å². The first kappa shape index (κ1) is 15.5. The minimum Gasteiger partial charge on any atom is -0.378 e. The van der Waals surface area contributed by atoms with Crippen molar-refractivity contribution in [3.8, 4) is 0 Å². The third-order valence-electron chi connectivity index (χ3n) is 2.94. The van der Waals surface area contributed by atoms with Crippen LogP contribution in [0.1, 0.15) is 19.4 Å². The number of amides is 1. The molecule has 4 heteroatoms. The molecule has 0 bridgehead atoms. The number of rotatable bonds is 6. The molecule has 0 aromatic heterocycles. The number of anilines is 1. The summed E-state index contributed by atoms with van der Waals surface area (Å²) in [6, 6.07) is 8.25. The van der Waals surface area contributed by atoms with E-state index < -0.39 is 0 Å². The van der Waals surface area contributed by atoms with Crippen molar-refractivity contribution in [2.45, 2.75) is 20.4 Å². The Morgan fingerprint density at radius 2 is 1.79 bits per heavy atom. The van der Waals surface area contributed by atoms with Gasteiger partial charge in [-0.2, -0.15) is 0 Å². The first-order valence-electron chi connectivity index (χ1n) is 6.68. The molecule has 1 amide bonds. The summed E-state index contributed by atoms with van der Waals surface area (Å²) in [6.07, 6.45) is 0. The Bertz CT molecular complexity index is 398. The molecule has 4 nitrogen and oxygen atoms in total. The Balaban J connectivity index is 2.75. The molecule has 0 fully saturated rings. The molecular weight excluding hydrogens is 238 g/mol. The van der Waals surface area contributed by atoms with Crippen LogP contribution in [-0.2, 0) is 11.3 Å². The lowest BCUT2D eigenvalue weighted by Crippen LogP contribution is -2.37. The van der Waals surface area contributed by atoms with Gasteiger partial charge in [-0.3, -0.25) is 4.79 Å². The Hall–Kier alpha value is -1.55. The van der Waals surface area contributed by atoms with E-state index in [-0.39, 0.29) is 12.5 Å². The summed E-state index contributed by atoms with van der Waals surface area (Å²) in [5, 5.41) is 0. The minimum absolute atomic E-state index is 0.00499. The zero-order valence-electron chi connectivity index (χ0n) is 12.4. The van der Waals surface area contributed by atoms with E-state index in [9.17, 15) is 4.79 Å². The van der Waals surface area contributed by atoms with Crippen LogP contribution in [-0.4, -0.2) is 38.0 Å². The zero-order chi connectivity index (χ0) is 14.4. The van der Waals surface area contributed by atoms with Gasteiger partial charge in [0.1, 0.15) is 0 Å². The number of nitrogens with zero attached hydrogens (tertiary/aromatic N) is 2. The van der Waals surface area contributed by atoms with Crippen molar-refractivity contribution in [2.24, 2.45) is 11.7 Å². The molecule has 1 aromatic carbocycles. The molecule has 0 atom stereocenters. The highest BCUT2D eigenvalue weighted by atomic mass is 16.2. The average molecular weight is 263 g/mol. The largest absolute Gasteiger partial charge is 0.378 e. The number of hydrogen-bond donors (Lipinski definition) is 1. The van der Waals surface area contributed by atoms with Crippen LogP contribution in [0.4, 0.5) is 5.69 Å². The predicted octanol–water partition coefficient (Wildman–Crippen LogP) is 1.70. The summed E-state index contributed by atoms with van der Waals surface area (Å²) >= 11 is 0. The van der Waals surface area contributed by atoms with Gasteiger partial charge in [-0.15, -0.1) is 0 Å². The predicted molar refractivity (Wildman–Crippen MR) is 80.1 cm³/mol. The fourth-order valence-electron chi connectivity index (χ4n) is 1.94. The zero-order valence-corrected chi connectivity index (χ0v) is 12.4. The highest BCUT2D eigenvalue weighted by Crippen LogP contribution is 2.14. The smallest absolute Gasteiger partial charge is 0.236 e. The summed E-state index contributed by atoms with van der Waals surface area (Å²) < 4.78 is 0. The van der Waals surface area contributed by atoms with Gasteiger partial charge in [0.25, 0.3) is 0 Å². The van der Waals surface area contributed by atoms with Crippen molar-refractivity contribution in [3.63, 3.8) is 0 Å². The Morgan fingerprint density at radius 1 is 1.21 bits per heavy atom. The van der Waals surface area contributed by atoms with Crippen molar-refractivity contribution in [3.05, 3.63) is 29.8 Å². The van der Waals surface area contributed by atoms with Gasteiger partial charge in [-0.1, -0.05) is 26.0 Å². The summed E-state index contributed by atoms with van der Waals surface area (Å²) in [5.41, 5.74) is 7.76. The molecule has 0 spiro atoms. The van der Waals surface area contributed by atoms with Crippen molar-refractivity contribution < 1.29 is 4.79 Å². The molecule has 0 saturated heterocycles. The fourth-order valence-corrected chi connectivity index (χ4v) is 1.94. The van der Waals surface area contributed by atoms with Crippen LogP contribution in [0.5, 0.6) is 0 Å². The lowest BCUT2D eigenvalue weighted by molar-refractivity contribution is -0.130. The second kappa shape index (κ2) is 7.14. The van der Waals surface area contributed by atoms with Gasteiger partial charge in [-0.05, 0) is 23.6 Å². The number of nitrogens with two attached hydrogens (primary N) is 1. The minimum atomic E-state index is 0.00499. The number of benzene rings is 1. The van der Waals surface area contributed by atoms with Gasteiger partial charge in [-0.25, -0.2) is 0 Å². The standard InChI is InChI=1S/C15H25N3O/c1-12(2)10-18(15(19)9-16)11-13-5-7-14(8-6-13)17(3)4/h5-8,12H,9-11,16H2,1-4H3. The van der Waals surface area contributed by atoms with Gasteiger partial charge in [0.05, 0.1) is 6.54 Å². The normalized spacial score (nSPS) is 10.6. The quantitative estimate of drug-likeness (QED) is 0.850. The molecule has 0 unspecified atom stereocenters. The highest BCUT2D eigenvalue weighted by molar-refractivity contribution is 5.78. The van der Waals surface area contributed by atoms with Crippen LogP contribution < -0.4 is 10.6 Å². The average Bonchev–Trinajstić information content (AvgIpc) is 2.37. The second-order valence-corrected chi connectivity index (χ2v) is 5.43. The van der Waals surface area contributed by atoms with E-state index in [1.165, 1.54) is 0 Å². The third kappa shape index (κ3) is 4.91. The van der Waals surface area contributed by atoms with Crippen molar-refractivity contribution in [1.29, 1.82) is 0 Å². The first-order valence-corrected chi connectivity index (χ1v) is 6.68. The molecule has 0 saturated carbocycles. The molecule has 0 aliphatic carbocycles. The number of hydrogen-bond acceptors (Lipinski definition) is 3. The van der Waals surface area contributed by atoms with Crippen LogP contribution >= 0.6 is 0 Å². The van der Waals surface area contributed by atoms with E-state index in [1.807, 2.05) is 19.0 Å². The van der Waals surface area contributed by atoms with Crippen LogP contribution in [0.25, 0.3) is 0 Å². The topological polar surface area (TPSA) is 49.6 Å². The SMILES string of the molecule is CC(C)CN(Cc1ccc(N(C)C)cc1)C(=O)CN. The first-order chi connectivity index (χ1) is 8.93. The van der Waals surface area contributed by atoms with Crippen molar-refractivity contribution >= 4 is 11.6 Å². The summed E-state index contributed by atoms with van der Waals surface area (Å²) in [5.74, 6) is 0.446. The maximum atomic E-state index is 11.8. The summed E-state index contributed by atoms with van der Waals surface area (Å²) in [7, 11) is 4.02. The molecule has 0 radical (unpaired) electrons. The molecule has 1 aromatic rings. The molecular formula is C15H25N3O. The van der Waals surface area contributed by atoms with Gasteiger partial charge < -0.3 is 15.5 Å². The Kier molecular flexibility index (Phi) is 5.83. The Morgan fingerprint density at radius 3 is 2.21 bits per heavy atom. The second-order valence-electron chi connectivity index (χ2n) is 5.43. The van der Waals surface area contributed by atoms with Crippen LogP contribution in [0.15, 0.2) is 24.3 Å². The molecule has 0 aliphatic heterocycles. The van der Waals surface area contributed by atoms with Crippen LogP contribution in [0.3, 0.4) is 0 Å². The molecule has 2 N–H and O–H groups in total. The van der Waals surface area contributed by atoms with E-state index >= 15 is 0 Å². The van der Waals surface area contributed by atoms with Gasteiger partial charge >= 0.3 is 0 Å². The maximum absolute atomic E-state index is 11.8. The molecule has 1 rings (SSSR count). The summed E-state index contributed by atoms with van der Waals surface area (Å²) in [4.78, 5) is 15.7. The molecule has 0 aliphatic rings. The lowest BCUT2D eigenvalue weighted by atomic mass is 10.1. The van der Waals surface area contributed by atoms with E-state index in [4.69, 9.17) is 5.73 Å². The third-order valence-corrected chi connectivity index (χ3v) is 2.94. The lowest BCUT2D eigenvalue weighted by Gasteiger charge is -2.24. The van der Waals surface area contributed by atoms with E-state index in [0.717, 1.165) is 17.8 Å². The maximum Gasteiger partial charge on any atom is 0.236 e. The summed E-state index contributed by atoms with van der Waals surface area (Å²) in [6.45, 7) is 5.65. The molecule has 106 valence electrons. The van der Waals surface area contributed by atoms with Crippen LogP contribution in [0.2, 0.25) is 0 Å². The van der Waals surface area contributed by atoms with Crippen LogP contribution in [0, 0.1) is 5.92 Å². The molecule has 0 heterocycles. The fraction of sp³-hybridized carbons (Fsp3) is 0.533. The van der Waals surface area contributed by atoms with E-state index in [2.05, 4.69) is 43.0 Å². The number of carbonyl (C=O) groups excluding carboxylic acids is 1. The van der Waals surface area contributed by atoms with Crippen molar-refractivity contribution in [1.82, 2.24) is 4.90 Å². The van der Waals surface area contributed by atoms with Gasteiger partial charge in [0.2, 0.25) is 5.91 Å². The van der Waals surface area contributed by atoms with E-state index in [0.29, 0.717) is 12.5 Å². The Labute approximate surface area is 116 Å². The molecule has 19 heavy (non-hydrogen) atoms. The monoisotopic (exact) mass is 263 g/mol. The van der Waals surface area contributed by atoms with E-state index in [1.54, 1.807) is 0 Å². The number of carbonyl (C=O) groups is 1. The highest BCUT2D eigenvalue weighted by Gasteiger charge is 2.13. The van der Waals surface area contributed by atoms with Gasteiger partial charge in [0, 0.05) is 32.9 Å².